The Morgan fingerprint density at radius 2 is 2.28 bits per heavy atom. The number of halogens is 1. The summed E-state index contributed by atoms with van der Waals surface area (Å²) in [5, 5.41) is 17.7. The van der Waals surface area contributed by atoms with Gasteiger partial charge in [-0.05, 0) is 6.42 Å². The third-order valence-corrected chi connectivity index (χ3v) is 3.13. The van der Waals surface area contributed by atoms with Crippen molar-refractivity contribution in [3.63, 3.8) is 0 Å². The zero-order valence-corrected chi connectivity index (χ0v) is 10.8. The zero-order valence-electron chi connectivity index (χ0n) is 10.1. The summed E-state index contributed by atoms with van der Waals surface area (Å²) in [6, 6.07) is 0. The Labute approximate surface area is 109 Å². The van der Waals surface area contributed by atoms with Crippen molar-refractivity contribution in [2.45, 2.75) is 19.9 Å². The van der Waals surface area contributed by atoms with E-state index in [0.717, 1.165) is 17.8 Å². The molecule has 0 saturated carbocycles. The van der Waals surface area contributed by atoms with E-state index in [0.29, 0.717) is 11.6 Å². The lowest BCUT2D eigenvalue weighted by atomic mass is 10.3. The van der Waals surface area contributed by atoms with Gasteiger partial charge in [0, 0.05) is 13.2 Å². The highest BCUT2D eigenvalue weighted by molar-refractivity contribution is 6.31. The SMILES string of the molecule is CCc1nn(C)c(Cn2cc(C(=O)O)cn2)c1Cl. The Balaban J connectivity index is 2.28. The first-order valence-electron chi connectivity index (χ1n) is 5.49. The average molecular weight is 269 g/mol. The highest BCUT2D eigenvalue weighted by Gasteiger charge is 2.14. The number of carboxylic acids is 1. The van der Waals surface area contributed by atoms with Crippen LogP contribution in [0.4, 0.5) is 0 Å². The van der Waals surface area contributed by atoms with Crippen molar-refractivity contribution >= 4 is 17.6 Å². The fraction of sp³-hybridized carbons (Fsp3) is 0.364. The maximum Gasteiger partial charge on any atom is 0.338 e. The fourth-order valence-corrected chi connectivity index (χ4v) is 2.06. The van der Waals surface area contributed by atoms with Crippen molar-refractivity contribution in [2.75, 3.05) is 0 Å². The number of nitrogens with zero attached hydrogens (tertiary/aromatic N) is 4. The predicted octanol–water partition coefficient (Wildman–Crippen LogP) is 1.58. The van der Waals surface area contributed by atoms with Gasteiger partial charge in [-0.2, -0.15) is 10.2 Å². The Hall–Kier alpha value is -1.82. The molecule has 6 nitrogen and oxygen atoms in total. The lowest BCUT2D eigenvalue weighted by Crippen LogP contribution is -2.06. The van der Waals surface area contributed by atoms with Crippen LogP contribution in [0.15, 0.2) is 12.4 Å². The van der Waals surface area contributed by atoms with Crippen molar-refractivity contribution in [1.82, 2.24) is 19.6 Å². The normalized spacial score (nSPS) is 10.8. The quantitative estimate of drug-likeness (QED) is 0.914. The van der Waals surface area contributed by atoms with Gasteiger partial charge in [0.05, 0.1) is 34.7 Å². The first kappa shape index (κ1) is 12.6. The summed E-state index contributed by atoms with van der Waals surface area (Å²) in [5.74, 6) is -0.994. The van der Waals surface area contributed by atoms with Gasteiger partial charge in [-0.1, -0.05) is 18.5 Å². The molecule has 0 unspecified atom stereocenters. The van der Waals surface area contributed by atoms with Gasteiger partial charge in [-0.3, -0.25) is 9.36 Å². The molecule has 2 aromatic rings. The Morgan fingerprint density at radius 3 is 2.78 bits per heavy atom. The number of carboxylic acid groups (broad SMARTS) is 1. The number of aromatic carboxylic acids is 1. The monoisotopic (exact) mass is 268 g/mol. The van der Waals surface area contributed by atoms with Crippen LogP contribution in [0.1, 0.15) is 28.7 Å². The first-order valence-corrected chi connectivity index (χ1v) is 5.86. The van der Waals surface area contributed by atoms with Crippen LogP contribution in [0.25, 0.3) is 0 Å². The topological polar surface area (TPSA) is 72.9 Å². The molecule has 0 aliphatic heterocycles. The molecule has 0 atom stereocenters. The molecule has 2 rings (SSSR count). The standard InChI is InChI=1S/C11H13ClN4O2/c1-3-8-10(12)9(15(2)14-8)6-16-5-7(4-13-16)11(17)18/h4-5H,3,6H2,1-2H3,(H,17,18). The molecule has 0 amide bonds. The molecule has 7 heteroatoms. The summed E-state index contributed by atoms with van der Waals surface area (Å²) in [4.78, 5) is 10.8. The molecule has 0 spiro atoms. The van der Waals surface area contributed by atoms with Crippen LogP contribution in [-0.2, 0) is 20.0 Å². The van der Waals surface area contributed by atoms with Crippen LogP contribution < -0.4 is 0 Å². The van der Waals surface area contributed by atoms with Crippen molar-refractivity contribution < 1.29 is 9.90 Å². The van der Waals surface area contributed by atoms with Crippen LogP contribution in [0, 0.1) is 0 Å². The third kappa shape index (κ3) is 2.24. The third-order valence-electron chi connectivity index (χ3n) is 2.69. The summed E-state index contributed by atoms with van der Waals surface area (Å²) in [5.41, 5.74) is 1.80. The maximum absolute atomic E-state index is 10.8. The highest BCUT2D eigenvalue weighted by atomic mass is 35.5. The largest absolute Gasteiger partial charge is 0.478 e. The molecule has 0 saturated heterocycles. The van der Waals surface area contributed by atoms with E-state index in [9.17, 15) is 4.79 Å². The molecule has 0 radical (unpaired) electrons. The fourth-order valence-electron chi connectivity index (χ4n) is 1.71. The molecule has 0 bridgehead atoms. The average Bonchev–Trinajstić information content (AvgIpc) is 2.89. The van der Waals surface area contributed by atoms with E-state index in [4.69, 9.17) is 16.7 Å². The number of rotatable bonds is 4. The first-order chi connectivity index (χ1) is 8.52. The van der Waals surface area contributed by atoms with Crippen molar-refractivity contribution in [3.8, 4) is 0 Å². The van der Waals surface area contributed by atoms with Crippen molar-refractivity contribution in [3.05, 3.63) is 34.4 Å². The minimum Gasteiger partial charge on any atom is -0.478 e. The molecule has 18 heavy (non-hydrogen) atoms. The van der Waals surface area contributed by atoms with E-state index in [-0.39, 0.29) is 5.56 Å². The van der Waals surface area contributed by atoms with E-state index in [1.165, 1.54) is 17.1 Å². The Morgan fingerprint density at radius 1 is 1.56 bits per heavy atom. The molecule has 0 fully saturated rings. The van der Waals surface area contributed by atoms with Crippen LogP contribution in [-0.4, -0.2) is 30.6 Å². The highest BCUT2D eigenvalue weighted by Crippen LogP contribution is 2.21. The number of hydrogen-bond donors (Lipinski definition) is 1. The molecule has 1 N–H and O–H groups in total. The molecule has 2 aromatic heterocycles. The minimum atomic E-state index is -0.994. The van der Waals surface area contributed by atoms with Crippen molar-refractivity contribution in [1.29, 1.82) is 0 Å². The van der Waals surface area contributed by atoms with E-state index in [1.54, 1.807) is 4.68 Å². The van der Waals surface area contributed by atoms with Gasteiger partial charge in [0.1, 0.15) is 0 Å². The molecule has 0 aliphatic carbocycles. The summed E-state index contributed by atoms with van der Waals surface area (Å²) in [6.45, 7) is 2.38. The van der Waals surface area contributed by atoms with Gasteiger partial charge >= 0.3 is 5.97 Å². The molecular weight excluding hydrogens is 256 g/mol. The molecule has 0 aliphatic rings. The zero-order chi connectivity index (χ0) is 13.3. The lowest BCUT2D eigenvalue weighted by molar-refractivity contribution is 0.0697. The van der Waals surface area contributed by atoms with Crippen LogP contribution in [0.5, 0.6) is 0 Å². The van der Waals surface area contributed by atoms with Gasteiger partial charge < -0.3 is 5.11 Å². The predicted molar refractivity (Wildman–Crippen MR) is 65.9 cm³/mol. The second-order valence-corrected chi connectivity index (χ2v) is 4.29. The number of carbonyl (C=O) groups is 1. The van der Waals surface area contributed by atoms with Crippen LogP contribution in [0.2, 0.25) is 5.02 Å². The van der Waals surface area contributed by atoms with E-state index < -0.39 is 5.97 Å². The molecular formula is C11H13ClN4O2. The van der Waals surface area contributed by atoms with E-state index >= 15 is 0 Å². The van der Waals surface area contributed by atoms with Gasteiger partial charge in [-0.25, -0.2) is 4.79 Å². The second-order valence-electron chi connectivity index (χ2n) is 3.92. The van der Waals surface area contributed by atoms with Crippen LogP contribution in [0.3, 0.4) is 0 Å². The molecule has 96 valence electrons. The number of aromatic nitrogens is 4. The minimum absolute atomic E-state index is 0.156. The molecule has 0 aromatic carbocycles. The summed E-state index contributed by atoms with van der Waals surface area (Å²) in [7, 11) is 1.81. The maximum atomic E-state index is 10.8. The van der Waals surface area contributed by atoms with Gasteiger partial charge in [0.2, 0.25) is 0 Å². The number of aryl methyl sites for hydroxylation is 2. The number of hydrogen-bond acceptors (Lipinski definition) is 3. The van der Waals surface area contributed by atoms with Gasteiger partial charge in [-0.15, -0.1) is 0 Å². The molecule has 2 heterocycles. The van der Waals surface area contributed by atoms with Crippen molar-refractivity contribution in [2.24, 2.45) is 7.05 Å². The Bertz CT molecular complexity index is 588. The summed E-state index contributed by atoms with van der Waals surface area (Å²) < 4.78 is 3.23. The Kier molecular flexibility index (Phi) is 3.38. The van der Waals surface area contributed by atoms with Crippen LogP contribution >= 0.6 is 11.6 Å². The summed E-state index contributed by atoms with van der Waals surface area (Å²) in [6.07, 6.45) is 3.54. The lowest BCUT2D eigenvalue weighted by Gasteiger charge is -2.02. The van der Waals surface area contributed by atoms with E-state index in [1.807, 2.05) is 14.0 Å². The second kappa shape index (κ2) is 4.81. The van der Waals surface area contributed by atoms with Gasteiger partial charge in [0.25, 0.3) is 0 Å². The van der Waals surface area contributed by atoms with E-state index in [2.05, 4.69) is 10.2 Å². The summed E-state index contributed by atoms with van der Waals surface area (Å²) >= 11 is 6.21. The smallest absolute Gasteiger partial charge is 0.338 e. The van der Waals surface area contributed by atoms with Gasteiger partial charge in [0.15, 0.2) is 0 Å².